The molecule has 1 heterocycles. The first kappa shape index (κ1) is 18.1. The fraction of sp³-hybridized carbons (Fsp3) is 1.00. The van der Waals surface area contributed by atoms with Gasteiger partial charge in [0, 0.05) is 0 Å². The van der Waals surface area contributed by atoms with Crippen molar-refractivity contribution in [1.29, 1.82) is 0 Å². The molecule has 20 heavy (non-hydrogen) atoms. The van der Waals surface area contributed by atoms with E-state index in [4.69, 9.17) is 13.9 Å². The van der Waals surface area contributed by atoms with Crippen LogP contribution in [0.3, 0.4) is 0 Å². The third-order valence-electron chi connectivity index (χ3n) is 4.36. The average Bonchev–Trinajstić information content (AvgIpc) is 2.37. The summed E-state index contributed by atoms with van der Waals surface area (Å²) in [5.41, 5.74) is 0. The number of hydrogen-bond donors (Lipinski definition) is 1. The van der Waals surface area contributed by atoms with Gasteiger partial charge in [0.25, 0.3) is 0 Å². The van der Waals surface area contributed by atoms with Crippen molar-refractivity contribution in [3.8, 4) is 0 Å². The van der Waals surface area contributed by atoms with Gasteiger partial charge in [-0.1, -0.05) is 20.8 Å². The molecule has 0 amide bonds. The largest absolute Gasteiger partial charge is 0.414 e. The van der Waals surface area contributed by atoms with Gasteiger partial charge in [-0.25, -0.2) is 0 Å². The number of nitrogens with one attached hydrogen (secondary N) is 1. The van der Waals surface area contributed by atoms with Crippen LogP contribution in [-0.2, 0) is 13.9 Å². The Kier molecular flexibility index (Phi) is 7.68. The Morgan fingerprint density at radius 3 is 2.20 bits per heavy atom. The lowest BCUT2D eigenvalue weighted by Crippen LogP contribution is -2.41. The van der Waals surface area contributed by atoms with Gasteiger partial charge in [0.2, 0.25) is 0 Å². The van der Waals surface area contributed by atoms with Crippen molar-refractivity contribution in [2.24, 2.45) is 0 Å². The molecule has 0 spiro atoms. The maximum atomic E-state index is 6.06. The summed E-state index contributed by atoms with van der Waals surface area (Å²) in [6.45, 7) is 16.2. The fourth-order valence-corrected chi connectivity index (χ4v) is 2.94. The highest BCUT2D eigenvalue weighted by atomic mass is 28.4. The highest BCUT2D eigenvalue weighted by molar-refractivity contribution is 6.74. The molecule has 0 aromatic carbocycles. The van der Waals surface area contributed by atoms with Crippen LogP contribution in [0.2, 0.25) is 18.1 Å². The van der Waals surface area contributed by atoms with E-state index < -0.39 is 8.32 Å². The summed E-state index contributed by atoms with van der Waals surface area (Å²) >= 11 is 0. The predicted octanol–water partition coefficient (Wildman–Crippen LogP) is 2.79. The van der Waals surface area contributed by atoms with Gasteiger partial charge >= 0.3 is 0 Å². The van der Waals surface area contributed by atoms with Crippen molar-refractivity contribution in [2.45, 2.75) is 57.8 Å². The van der Waals surface area contributed by atoms with Crippen LogP contribution >= 0.6 is 0 Å². The van der Waals surface area contributed by atoms with Gasteiger partial charge in [-0.3, -0.25) is 0 Å². The van der Waals surface area contributed by atoms with Crippen LogP contribution in [0.4, 0.5) is 0 Å². The summed E-state index contributed by atoms with van der Waals surface area (Å²) in [6, 6.07) is 0. The first-order valence-electron chi connectivity index (χ1n) is 7.87. The highest BCUT2D eigenvalue weighted by Crippen LogP contribution is 2.36. The molecule has 5 heteroatoms. The highest BCUT2D eigenvalue weighted by Gasteiger charge is 2.36. The lowest BCUT2D eigenvalue weighted by Gasteiger charge is -2.36. The Morgan fingerprint density at radius 1 is 1.00 bits per heavy atom. The van der Waals surface area contributed by atoms with Crippen LogP contribution in [0.5, 0.6) is 0 Å². The van der Waals surface area contributed by atoms with Gasteiger partial charge in [-0.15, -0.1) is 0 Å². The molecule has 0 aromatic rings. The topological polar surface area (TPSA) is 39.7 Å². The quantitative estimate of drug-likeness (QED) is 0.553. The third-order valence-corrected chi connectivity index (χ3v) is 8.90. The lowest BCUT2D eigenvalue weighted by molar-refractivity contribution is -0.0121. The predicted molar refractivity (Wildman–Crippen MR) is 85.8 cm³/mol. The molecule has 120 valence electrons. The molecule has 0 bridgehead atoms. The van der Waals surface area contributed by atoms with Crippen LogP contribution < -0.4 is 5.32 Å². The zero-order valence-electron chi connectivity index (χ0n) is 14.0. The molecule has 0 unspecified atom stereocenters. The number of piperidine rings is 1. The fourth-order valence-electron chi connectivity index (χ4n) is 1.91. The number of rotatable bonds is 8. The molecule has 1 saturated heterocycles. The first-order chi connectivity index (χ1) is 9.33. The molecule has 0 saturated carbocycles. The number of ether oxygens (including phenoxy) is 2. The summed E-state index contributed by atoms with van der Waals surface area (Å²) in [6.07, 6.45) is 2.66. The molecular formula is C15H33NO3Si. The van der Waals surface area contributed by atoms with E-state index in [1.807, 2.05) is 0 Å². The minimum Gasteiger partial charge on any atom is -0.414 e. The van der Waals surface area contributed by atoms with Gasteiger partial charge < -0.3 is 19.2 Å². The van der Waals surface area contributed by atoms with E-state index in [-0.39, 0.29) is 5.04 Å². The molecule has 1 rings (SSSR count). The SMILES string of the molecule is CC(C)(C)[Si](C)(C)OCCOCCOC1CCNCC1. The molecule has 0 radical (unpaired) electrons. The van der Waals surface area contributed by atoms with Gasteiger partial charge in [0.1, 0.15) is 0 Å². The minimum absolute atomic E-state index is 0.269. The van der Waals surface area contributed by atoms with E-state index in [9.17, 15) is 0 Å². The summed E-state index contributed by atoms with van der Waals surface area (Å²) in [5.74, 6) is 0. The zero-order valence-corrected chi connectivity index (χ0v) is 15.0. The van der Waals surface area contributed by atoms with Crippen LogP contribution in [-0.4, -0.2) is 53.9 Å². The Bertz CT molecular complexity index is 260. The summed E-state index contributed by atoms with van der Waals surface area (Å²) < 4.78 is 17.4. The van der Waals surface area contributed by atoms with Crippen molar-refractivity contribution in [1.82, 2.24) is 5.32 Å². The Balaban J connectivity index is 1.97. The first-order valence-corrected chi connectivity index (χ1v) is 10.8. The van der Waals surface area contributed by atoms with Crippen LogP contribution in [0.1, 0.15) is 33.6 Å². The second-order valence-corrected chi connectivity index (χ2v) is 11.9. The number of hydrogen-bond acceptors (Lipinski definition) is 4. The maximum absolute atomic E-state index is 6.06. The summed E-state index contributed by atoms with van der Waals surface area (Å²) in [4.78, 5) is 0. The van der Waals surface area contributed by atoms with Crippen LogP contribution in [0.15, 0.2) is 0 Å². The van der Waals surface area contributed by atoms with Gasteiger partial charge in [-0.2, -0.15) is 0 Å². The monoisotopic (exact) mass is 303 g/mol. The van der Waals surface area contributed by atoms with Crippen LogP contribution in [0, 0.1) is 0 Å². The normalized spacial score (nSPS) is 18.4. The molecule has 1 aliphatic rings. The molecule has 0 aromatic heterocycles. The lowest BCUT2D eigenvalue weighted by atomic mass is 10.1. The Morgan fingerprint density at radius 2 is 1.60 bits per heavy atom. The zero-order chi connectivity index (χ0) is 15.1. The Hall–Kier alpha value is 0.0569. The summed E-state index contributed by atoms with van der Waals surface area (Å²) in [7, 11) is -1.62. The molecule has 1 aliphatic heterocycles. The van der Waals surface area contributed by atoms with E-state index in [0.717, 1.165) is 25.9 Å². The van der Waals surface area contributed by atoms with E-state index in [0.29, 0.717) is 32.5 Å². The molecule has 0 atom stereocenters. The van der Waals surface area contributed by atoms with Crippen molar-refractivity contribution in [3.63, 3.8) is 0 Å². The second kappa shape index (κ2) is 8.49. The average molecular weight is 304 g/mol. The van der Waals surface area contributed by atoms with Gasteiger partial charge in [-0.05, 0) is 44.1 Å². The van der Waals surface area contributed by atoms with Gasteiger partial charge in [0.15, 0.2) is 8.32 Å². The van der Waals surface area contributed by atoms with Crippen molar-refractivity contribution < 1.29 is 13.9 Å². The second-order valence-electron chi connectivity index (χ2n) is 7.04. The van der Waals surface area contributed by atoms with Crippen molar-refractivity contribution in [3.05, 3.63) is 0 Å². The van der Waals surface area contributed by atoms with E-state index in [2.05, 4.69) is 39.2 Å². The third kappa shape index (κ3) is 6.67. The maximum Gasteiger partial charge on any atom is 0.192 e. The van der Waals surface area contributed by atoms with E-state index in [1.54, 1.807) is 0 Å². The van der Waals surface area contributed by atoms with Crippen LogP contribution in [0.25, 0.3) is 0 Å². The van der Waals surface area contributed by atoms with Crippen molar-refractivity contribution >= 4 is 8.32 Å². The molecule has 1 fully saturated rings. The molecule has 4 nitrogen and oxygen atoms in total. The minimum atomic E-state index is -1.62. The Labute approximate surface area is 125 Å². The molecule has 0 aliphatic carbocycles. The van der Waals surface area contributed by atoms with Crippen molar-refractivity contribution in [2.75, 3.05) is 39.5 Å². The standard InChI is InChI=1S/C15H33NO3Si/c1-15(2,3)20(4,5)19-13-11-17-10-12-18-14-6-8-16-9-7-14/h14,16H,6-13H2,1-5H3. The molecular weight excluding hydrogens is 270 g/mol. The summed E-state index contributed by atoms with van der Waals surface area (Å²) in [5, 5.41) is 3.60. The molecule has 1 N–H and O–H groups in total. The smallest absolute Gasteiger partial charge is 0.192 e. The van der Waals surface area contributed by atoms with E-state index >= 15 is 0 Å². The van der Waals surface area contributed by atoms with E-state index in [1.165, 1.54) is 0 Å². The van der Waals surface area contributed by atoms with Gasteiger partial charge in [0.05, 0.1) is 32.5 Å².